The van der Waals surface area contributed by atoms with Crippen molar-refractivity contribution in [2.45, 2.75) is 26.8 Å². The van der Waals surface area contributed by atoms with E-state index in [4.69, 9.17) is 0 Å². The van der Waals surface area contributed by atoms with Crippen LogP contribution in [-0.4, -0.2) is 49.1 Å². The summed E-state index contributed by atoms with van der Waals surface area (Å²) in [7, 11) is -0.239. The standard InChI is InChI=1S/C12H22N4O3S/c1-8(13-6-7-20(18,19)16(4)5)11-9(2)14-10(3)15-12(11)17/h8,13H,6-7H2,1-5H3,(H,14,15,17). The third-order valence-electron chi connectivity index (χ3n) is 3.06. The number of hydrogen-bond donors (Lipinski definition) is 2. The van der Waals surface area contributed by atoms with Crippen LogP contribution < -0.4 is 10.9 Å². The monoisotopic (exact) mass is 302 g/mol. The molecule has 7 nitrogen and oxygen atoms in total. The maximum absolute atomic E-state index is 11.9. The van der Waals surface area contributed by atoms with Crippen molar-refractivity contribution in [3.8, 4) is 0 Å². The fraction of sp³-hybridized carbons (Fsp3) is 0.667. The summed E-state index contributed by atoms with van der Waals surface area (Å²) in [6.45, 7) is 5.58. The first kappa shape index (κ1) is 16.8. The Morgan fingerprint density at radius 1 is 1.35 bits per heavy atom. The molecule has 0 saturated carbocycles. The molecule has 0 fully saturated rings. The van der Waals surface area contributed by atoms with Crippen LogP contribution in [0.5, 0.6) is 0 Å². The lowest BCUT2D eigenvalue weighted by Crippen LogP contribution is -2.34. The van der Waals surface area contributed by atoms with E-state index in [-0.39, 0.29) is 23.9 Å². The van der Waals surface area contributed by atoms with Gasteiger partial charge in [-0.15, -0.1) is 0 Å². The second-order valence-corrected chi connectivity index (χ2v) is 7.23. The minimum Gasteiger partial charge on any atom is -0.310 e. The first-order valence-electron chi connectivity index (χ1n) is 6.36. The van der Waals surface area contributed by atoms with E-state index in [9.17, 15) is 13.2 Å². The molecule has 8 heteroatoms. The Morgan fingerprint density at radius 3 is 2.45 bits per heavy atom. The number of nitrogens with zero attached hydrogens (tertiary/aromatic N) is 2. The molecule has 114 valence electrons. The van der Waals surface area contributed by atoms with Crippen LogP contribution >= 0.6 is 0 Å². The predicted octanol–water partition coefficient (Wildman–Crippen LogP) is -0.0713. The third kappa shape index (κ3) is 4.12. The molecule has 0 aliphatic rings. The largest absolute Gasteiger partial charge is 0.310 e. The Labute approximate surface area is 119 Å². The highest BCUT2D eigenvalue weighted by Gasteiger charge is 2.17. The zero-order valence-electron chi connectivity index (χ0n) is 12.5. The summed E-state index contributed by atoms with van der Waals surface area (Å²) in [5.41, 5.74) is 1.00. The summed E-state index contributed by atoms with van der Waals surface area (Å²) < 4.78 is 24.5. The number of rotatable bonds is 6. The molecule has 0 aliphatic heterocycles. The van der Waals surface area contributed by atoms with Gasteiger partial charge in [-0.1, -0.05) is 0 Å². The van der Waals surface area contributed by atoms with Crippen molar-refractivity contribution < 1.29 is 8.42 Å². The lowest BCUT2D eigenvalue weighted by molar-refractivity contribution is 0.511. The fourth-order valence-corrected chi connectivity index (χ4v) is 2.68. The molecule has 0 aromatic carbocycles. The van der Waals surface area contributed by atoms with Gasteiger partial charge in [0.2, 0.25) is 10.0 Å². The summed E-state index contributed by atoms with van der Waals surface area (Å²) >= 11 is 0. The van der Waals surface area contributed by atoms with E-state index < -0.39 is 10.0 Å². The van der Waals surface area contributed by atoms with Gasteiger partial charge in [0.05, 0.1) is 11.3 Å². The zero-order chi connectivity index (χ0) is 15.5. The van der Waals surface area contributed by atoms with Crippen molar-refractivity contribution in [3.05, 3.63) is 27.4 Å². The number of aromatic nitrogens is 2. The second-order valence-electron chi connectivity index (χ2n) is 4.92. The average molecular weight is 302 g/mol. The third-order valence-corrected chi connectivity index (χ3v) is 4.90. The number of aromatic amines is 1. The number of nitrogens with one attached hydrogen (secondary N) is 2. The highest BCUT2D eigenvalue weighted by molar-refractivity contribution is 7.89. The smallest absolute Gasteiger partial charge is 0.255 e. The van der Waals surface area contributed by atoms with Gasteiger partial charge < -0.3 is 10.3 Å². The SMILES string of the molecule is Cc1nc(C)c(C(C)NCCS(=O)(=O)N(C)C)c(=O)[nH]1. The number of aryl methyl sites for hydroxylation is 2. The molecule has 0 saturated heterocycles. The normalized spacial score (nSPS) is 13.7. The molecular weight excluding hydrogens is 280 g/mol. The number of hydrogen-bond acceptors (Lipinski definition) is 5. The predicted molar refractivity (Wildman–Crippen MR) is 78.2 cm³/mol. The van der Waals surface area contributed by atoms with Gasteiger partial charge in [-0.3, -0.25) is 4.79 Å². The van der Waals surface area contributed by atoms with Gasteiger partial charge >= 0.3 is 0 Å². The van der Waals surface area contributed by atoms with Crippen LogP contribution in [0.4, 0.5) is 0 Å². The minimum atomic E-state index is -3.23. The van der Waals surface area contributed by atoms with Crippen molar-refractivity contribution in [1.82, 2.24) is 19.6 Å². The maximum Gasteiger partial charge on any atom is 0.255 e. The minimum absolute atomic E-state index is 0.0133. The summed E-state index contributed by atoms with van der Waals surface area (Å²) in [5.74, 6) is 0.555. The lowest BCUT2D eigenvalue weighted by Gasteiger charge is -2.16. The van der Waals surface area contributed by atoms with Crippen LogP contribution in [-0.2, 0) is 10.0 Å². The first-order valence-corrected chi connectivity index (χ1v) is 7.97. The molecule has 0 amide bonds. The molecule has 0 radical (unpaired) electrons. The Morgan fingerprint density at radius 2 is 1.95 bits per heavy atom. The van der Waals surface area contributed by atoms with Crippen LogP contribution in [0.2, 0.25) is 0 Å². The highest BCUT2D eigenvalue weighted by atomic mass is 32.2. The second kappa shape index (κ2) is 6.47. The van der Waals surface area contributed by atoms with Crippen LogP contribution in [0, 0.1) is 13.8 Å². The first-order chi connectivity index (χ1) is 9.15. The Bertz CT molecular complexity index is 622. The van der Waals surface area contributed by atoms with Crippen LogP contribution in [0.1, 0.15) is 30.0 Å². The van der Waals surface area contributed by atoms with Crippen molar-refractivity contribution in [2.75, 3.05) is 26.4 Å². The zero-order valence-corrected chi connectivity index (χ0v) is 13.3. The molecule has 1 heterocycles. The van der Waals surface area contributed by atoms with Crippen molar-refractivity contribution >= 4 is 10.0 Å². The topological polar surface area (TPSA) is 95.2 Å². The van der Waals surface area contributed by atoms with Crippen LogP contribution in [0.25, 0.3) is 0 Å². The van der Waals surface area contributed by atoms with Gasteiger partial charge in [0.1, 0.15) is 5.82 Å². The van der Waals surface area contributed by atoms with Gasteiger partial charge in [-0.2, -0.15) is 0 Å². The number of sulfonamides is 1. The van der Waals surface area contributed by atoms with Gasteiger partial charge in [0, 0.05) is 32.4 Å². The quantitative estimate of drug-likeness (QED) is 0.767. The molecule has 0 spiro atoms. The molecule has 1 aromatic heterocycles. The Balaban J connectivity index is 2.74. The van der Waals surface area contributed by atoms with Crippen molar-refractivity contribution in [1.29, 1.82) is 0 Å². The van der Waals surface area contributed by atoms with Gasteiger partial charge in [-0.05, 0) is 20.8 Å². The van der Waals surface area contributed by atoms with Crippen molar-refractivity contribution in [3.63, 3.8) is 0 Å². The van der Waals surface area contributed by atoms with E-state index in [0.717, 1.165) is 0 Å². The van der Waals surface area contributed by atoms with Crippen LogP contribution in [0.15, 0.2) is 4.79 Å². The molecule has 2 N–H and O–H groups in total. The van der Waals surface area contributed by atoms with E-state index in [2.05, 4.69) is 15.3 Å². The summed E-state index contributed by atoms with van der Waals surface area (Å²) in [4.78, 5) is 18.8. The van der Waals surface area contributed by atoms with Gasteiger partial charge in [0.15, 0.2) is 0 Å². The molecule has 20 heavy (non-hydrogen) atoms. The van der Waals surface area contributed by atoms with E-state index in [1.807, 2.05) is 6.92 Å². The van der Waals surface area contributed by atoms with Gasteiger partial charge in [0.25, 0.3) is 5.56 Å². The van der Waals surface area contributed by atoms with Crippen molar-refractivity contribution in [2.24, 2.45) is 0 Å². The maximum atomic E-state index is 11.9. The van der Waals surface area contributed by atoms with E-state index in [1.165, 1.54) is 18.4 Å². The number of H-pyrrole nitrogens is 1. The molecule has 0 aliphatic carbocycles. The van der Waals surface area contributed by atoms with E-state index in [0.29, 0.717) is 17.1 Å². The Kier molecular flexibility index (Phi) is 5.43. The van der Waals surface area contributed by atoms with Crippen LogP contribution in [0.3, 0.4) is 0 Å². The Hall–Kier alpha value is -1.25. The van der Waals surface area contributed by atoms with E-state index >= 15 is 0 Å². The summed E-state index contributed by atoms with van der Waals surface area (Å²) in [6.07, 6.45) is 0. The van der Waals surface area contributed by atoms with Gasteiger partial charge in [-0.25, -0.2) is 17.7 Å². The molecule has 1 unspecified atom stereocenters. The lowest BCUT2D eigenvalue weighted by atomic mass is 10.1. The molecular formula is C12H22N4O3S. The average Bonchev–Trinajstić information content (AvgIpc) is 2.26. The summed E-state index contributed by atoms with van der Waals surface area (Å²) in [5, 5.41) is 3.05. The fourth-order valence-electron chi connectivity index (χ4n) is 1.93. The molecule has 1 aromatic rings. The molecule has 1 atom stereocenters. The molecule has 1 rings (SSSR count). The van der Waals surface area contributed by atoms with E-state index in [1.54, 1.807) is 13.8 Å². The summed E-state index contributed by atoms with van der Waals surface area (Å²) in [6, 6.07) is -0.260. The molecule has 0 bridgehead atoms. The highest BCUT2D eigenvalue weighted by Crippen LogP contribution is 2.10.